The average molecular weight is 369 g/mol. The fourth-order valence-electron chi connectivity index (χ4n) is 3.01. The van der Waals surface area contributed by atoms with E-state index in [4.69, 9.17) is 0 Å². The van der Waals surface area contributed by atoms with Crippen molar-refractivity contribution in [2.24, 2.45) is 5.92 Å². The summed E-state index contributed by atoms with van der Waals surface area (Å²) in [7, 11) is 0. The highest BCUT2D eigenvalue weighted by Gasteiger charge is 2.42. The van der Waals surface area contributed by atoms with E-state index in [-0.39, 0.29) is 23.1 Å². The number of rotatable bonds is 4. The topological polar surface area (TPSA) is 49.4 Å². The predicted molar refractivity (Wildman–Crippen MR) is 107 cm³/mol. The number of thioether (sulfide) groups is 1. The van der Waals surface area contributed by atoms with Gasteiger partial charge in [0.1, 0.15) is 11.4 Å². The maximum Gasteiger partial charge on any atom is 0.248 e. The molecule has 2 amide bonds. The van der Waals surface area contributed by atoms with Crippen LogP contribution in [0.25, 0.3) is 0 Å². The summed E-state index contributed by atoms with van der Waals surface area (Å²) >= 11 is 1.64. The summed E-state index contributed by atoms with van der Waals surface area (Å²) in [6.45, 7) is 5.76. The highest BCUT2D eigenvalue weighted by Crippen LogP contribution is 2.42. The van der Waals surface area contributed by atoms with Gasteiger partial charge in [-0.2, -0.15) is 0 Å². The summed E-state index contributed by atoms with van der Waals surface area (Å²) in [5.41, 5.74) is 2.95. The number of nitrogens with one attached hydrogen (secondary N) is 1. The van der Waals surface area contributed by atoms with Crippen molar-refractivity contribution < 1.29 is 9.59 Å². The second-order valence-electron chi connectivity index (χ2n) is 6.87. The number of hydrogen-bond acceptors (Lipinski definition) is 3. The Hall–Kier alpha value is -2.27. The first-order valence-corrected chi connectivity index (χ1v) is 9.88. The van der Waals surface area contributed by atoms with Crippen LogP contribution in [0, 0.1) is 12.8 Å². The van der Waals surface area contributed by atoms with E-state index in [0.29, 0.717) is 5.75 Å². The van der Waals surface area contributed by atoms with Gasteiger partial charge in [-0.05, 0) is 24.6 Å². The molecule has 1 fully saturated rings. The first-order valence-electron chi connectivity index (χ1n) is 8.83. The Morgan fingerprint density at radius 2 is 1.73 bits per heavy atom. The summed E-state index contributed by atoms with van der Waals surface area (Å²) in [5, 5.41) is 2.84. The molecule has 1 saturated heterocycles. The lowest BCUT2D eigenvalue weighted by Gasteiger charge is -2.30. The average Bonchev–Trinajstić information content (AvgIpc) is 3.08. The van der Waals surface area contributed by atoms with E-state index in [0.717, 1.165) is 16.8 Å². The standard InChI is InChI=1S/C21H24N2O2S/c1-14(2)20(25)23-18(13-26-21(23)16-7-5-4-6-8-16)19(24)22-17-11-9-15(3)10-12-17/h4-12,14,18,21H,13H2,1-3H3,(H,22,24). The molecule has 1 heterocycles. The van der Waals surface area contributed by atoms with Gasteiger partial charge in [-0.3, -0.25) is 9.59 Å². The molecule has 0 saturated carbocycles. The van der Waals surface area contributed by atoms with Crippen molar-refractivity contribution in [2.75, 3.05) is 11.1 Å². The van der Waals surface area contributed by atoms with Gasteiger partial charge in [0.05, 0.1) is 0 Å². The van der Waals surface area contributed by atoms with Gasteiger partial charge in [0, 0.05) is 17.4 Å². The first-order chi connectivity index (χ1) is 12.5. The Balaban J connectivity index is 1.84. The predicted octanol–water partition coefficient (Wildman–Crippen LogP) is 4.23. The molecule has 136 valence electrons. The van der Waals surface area contributed by atoms with E-state index in [2.05, 4.69) is 5.32 Å². The van der Waals surface area contributed by atoms with E-state index in [9.17, 15) is 9.59 Å². The monoisotopic (exact) mass is 368 g/mol. The lowest BCUT2D eigenvalue weighted by Crippen LogP contribution is -2.46. The molecule has 0 aromatic heterocycles. The van der Waals surface area contributed by atoms with Gasteiger partial charge in [0.2, 0.25) is 11.8 Å². The van der Waals surface area contributed by atoms with Gasteiger partial charge in [-0.15, -0.1) is 11.8 Å². The minimum atomic E-state index is -0.471. The molecule has 2 unspecified atom stereocenters. The Morgan fingerprint density at radius 3 is 2.35 bits per heavy atom. The molecule has 3 rings (SSSR count). The molecule has 1 aliphatic rings. The number of carbonyl (C=O) groups excluding carboxylic acids is 2. The zero-order valence-corrected chi connectivity index (χ0v) is 16.1. The SMILES string of the molecule is Cc1ccc(NC(=O)C2CSC(c3ccccc3)N2C(=O)C(C)C)cc1. The van der Waals surface area contributed by atoms with Crippen molar-refractivity contribution >= 4 is 29.3 Å². The maximum absolute atomic E-state index is 12.9. The van der Waals surface area contributed by atoms with Gasteiger partial charge in [0.25, 0.3) is 0 Å². The van der Waals surface area contributed by atoms with Gasteiger partial charge >= 0.3 is 0 Å². The Kier molecular flexibility index (Phi) is 5.67. The number of aryl methyl sites for hydroxylation is 1. The molecule has 2 atom stereocenters. The van der Waals surface area contributed by atoms with Crippen LogP contribution in [0.2, 0.25) is 0 Å². The van der Waals surface area contributed by atoms with Crippen LogP contribution in [-0.4, -0.2) is 28.5 Å². The Bertz CT molecular complexity index is 774. The van der Waals surface area contributed by atoms with Crippen LogP contribution in [0.1, 0.15) is 30.3 Å². The minimum Gasteiger partial charge on any atom is -0.324 e. The molecule has 0 bridgehead atoms. The zero-order chi connectivity index (χ0) is 18.7. The van der Waals surface area contributed by atoms with Crippen molar-refractivity contribution in [1.29, 1.82) is 0 Å². The van der Waals surface area contributed by atoms with Crippen LogP contribution in [0.3, 0.4) is 0 Å². The molecule has 4 nitrogen and oxygen atoms in total. The van der Waals surface area contributed by atoms with Crippen LogP contribution in [0.5, 0.6) is 0 Å². The molecule has 2 aromatic rings. The quantitative estimate of drug-likeness (QED) is 0.878. The van der Waals surface area contributed by atoms with Crippen LogP contribution in [0.4, 0.5) is 5.69 Å². The van der Waals surface area contributed by atoms with Gasteiger partial charge in [0.15, 0.2) is 0 Å². The van der Waals surface area contributed by atoms with Gasteiger partial charge in [-0.25, -0.2) is 0 Å². The van der Waals surface area contributed by atoms with Crippen molar-refractivity contribution in [1.82, 2.24) is 4.90 Å². The molecular formula is C21H24N2O2S. The minimum absolute atomic E-state index is 0.00732. The molecule has 0 radical (unpaired) electrons. The van der Waals surface area contributed by atoms with E-state index >= 15 is 0 Å². The number of benzene rings is 2. The lowest BCUT2D eigenvalue weighted by molar-refractivity contribution is -0.140. The van der Waals surface area contributed by atoms with Crippen LogP contribution >= 0.6 is 11.8 Å². The molecule has 1 aliphatic heterocycles. The Morgan fingerprint density at radius 1 is 1.08 bits per heavy atom. The molecular weight excluding hydrogens is 344 g/mol. The first kappa shape index (κ1) is 18.5. The van der Waals surface area contributed by atoms with Crippen molar-refractivity contribution in [3.8, 4) is 0 Å². The third-order valence-electron chi connectivity index (χ3n) is 4.46. The fourth-order valence-corrected chi connectivity index (χ4v) is 4.45. The Labute approximate surface area is 159 Å². The number of amides is 2. The summed E-state index contributed by atoms with van der Waals surface area (Å²) in [5.74, 6) is 0.312. The van der Waals surface area contributed by atoms with Gasteiger partial charge in [-0.1, -0.05) is 61.9 Å². The summed E-state index contributed by atoms with van der Waals surface area (Å²) in [4.78, 5) is 27.5. The normalized spacial score (nSPS) is 19.6. The fraction of sp³-hybridized carbons (Fsp3) is 0.333. The highest BCUT2D eigenvalue weighted by atomic mass is 32.2. The van der Waals surface area contributed by atoms with Crippen molar-refractivity contribution in [3.63, 3.8) is 0 Å². The highest BCUT2D eigenvalue weighted by molar-refractivity contribution is 7.99. The van der Waals surface area contributed by atoms with E-state index in [1.807, 2.05) is 75.4 Å². The molecule has 0 spiro atoms. The molecule has 1 N–H and O–H groups in total. The lowest BCUT2D eigenvalue weighted by atomic mass is 10.1. The van der Waals surface area contributed by atoms with E-state index in [1.54, 1.807) is 16.7 Å². The molecule has 26 heavy (non-hydrogen) atoms. The van der Waals surface area contributed by atoms with Crippen LogP contribution in [-0.2, 0) is 9.59 Å². The second kappa shape index (κ2) is 7.96. The molecule has 0 aliphatic carbocycles. The third kappa shape index (κ3) is 3.93. The van der Waals surface area contributed by atoms with E-state index < -0.39 is 6.04 Å². The number of nitrogens with zero attached hydrogens (tertiary/aromatic N) is 1. The van der Waals surface area contributed by atoms with Crippen molar-refractivity contribution in [2.45, 2.75) is 32.2 Å². The molecule has 2 aromatic carbocycles. The zero-order valence-electron chi connectivity index (χ0n) is 15.3. The van der Waals surface area contributed by atoms with Crippen LogP contribution in [0.15, 0.2) is 54.6 Å². The van der Waals surface area contributed by atoms with E-state index in [1.165, 1.54) is 0 Å². The number of hydrogen-bond donors (Lipinski definition) is 1. The number of anilines is 1. The molecule has 5 heteroatoms. The maximum atomic E-state index is 12.9. The van der Waals surface area contributed by atoms with Crippen LogP contribution < -0.4 is 5.32 Å². The summed E-state index contributed by atoms with van der Waals surface area (Å²) < 4.78 is 0. The summed E-state index contributed by atoms with van der Waals surface area (Å²) in [6, 6.07) is 17.1. The number of carbonyl (C=O) groups is 2. The largest absolute Gasteiger partial charge is 0.324 e. The smallest absolute Gasteiger partial charge is 0.248 e. The van der Waals surface area contributed by atoms with Gasteiger partial charge < -0.3 is 10.2 Å². The second-order valence-corrected chi connectivity index (χ2v) is 7.98. The van der Waals surface area contributed by atoms with Crippen molar-refractivity contribution in [3.05, 3.63) is 65.7 Å². The summed E-state index contributed by atoms with van der Waals surface area (Å²) in [6.07, 6.45) is 0. The third-order valence-corrected chi connectivity index (χ3v) is 5.78.